The van der Waals surface area contributed by atoms with Gasteiger partial charge in [-0.2, -0.15) is 0 Å². The standard InChI is InChI=1S/C15H19ClN2O2/c16-14-7-6-11(9-15(14)18(19)20)8-13(10-17)12-4-2-1-3-5-12/h6-9,12H,1-5,10,17H2/b13-8-. The van der Waals surface area contributed by atoms with Gasteiger partial charge in [0.25, 0.3) is 5.69 Å². The second-order valence-corrected chi connectivity index (χ2v) is 5.63. The van der Waals surface area contributed by atoms with Crippen molar-refractivity contribution in [1.82, 2.24) is 0 Å². The van der Waals surface area contributed by atoms with Crippen LogP contribution in [0.15, 0.2) is 23.8 Å². The van der Waals surface area contributed by atoms with E-state index in [-0.39, 0.29) is 10.7 Å². The summed E-state index contributed by atoms with van der Waals surface area (Å²) in [6.07, 6.45) is 8.09. The second-order valence-electron chi connectivity index (χ2n) is 5.23. The SMILES string of the molecule is NC/C(=C/c1ccc(Cl)c([N+](=O)[O-])c1)C1CCCCC1. The summed E-state index contributed by atoms with van der Waals surface area (Å²) >= 11 is 5.82. The molecule has 0 heterocycles. The molecule has 1 fully saturated rings. The Morgan fingerprint density at radius 2 is 2.10 bits per heavy atom. The van der Waals surface area contributed by atoms with E-state index in [9.17, 15) is 10.1 Å². The lowest BCUT2D eigenvalue weighted by Gasteiger charge is -2.23. The molecule has 0 bridgehead atoms. The molecule has 1 aliphatic carbocycles. The number of rotatable bonds is 4. The van der Waals surface area contributed by atoms with Crippen molar-refractivity contribution in [3.8, 4) is 0 Å². The minimum Gasteiger partial charge on any atom is -0.327 e. The number of benzene rings is 1. The maximum Gasteiger partial charge on any atom is 0.288 e. The lowest BCUT2D eigenvalue weighted by molar-refractivity contribution is -0.384. The molecule has 0 aliphatic heterocycles. The molecule has 1 aromatic carbocycles. The molecule has 0 radical (unpaired) electrons. The molecule has 4 nitrogen and oxygen atoms in total. The zero-order chi connectivity index (χ0) is 14.5. The van der Waals surface area contributed by atoms with Gasteiger partial charge in [-0.05, 0) is 30.4 Å². The Bertz CT molecular complexity index is 523. The molecule has 108 valence electrons. The maximum atomic E-state index is 10.9. The maximum absolute atomic E-state index is 10.9. The molecule has 2 rings (SSSR count). The average Bonchev–Trinajstić information content (AvgIpc) is 2.47. The first-order valence-electron chi connectivity index (χ1n) is 6.96. The van der Waals surface area contributed by atoms with Crippen LogP contribution in [0.4, 0.5) is 5.69 Å². The molecule has 1 aliphatic rings. The number of hydrogen-bond acceptors (Lipinski definition) is 3. The number of nitrogens with two attached hydrogens (primary N) is 1. The molecule has 0 spiro atoms. The molecular weight excluding hydrogens is 276 g/mol. The highest BCUT2D eigenvalue weighted by Gasteiger charge is 2.18. The molecule has 2 N–H and O–H groups in total. The summed E-state index contributed by atoms with van der Waals surface area (Å²) in [5.74, 6) is 0.517. The lowest BCUT2D eigenvalue weighted by atomic mass is 9.83. The summed E-state index contributed by atoms with van der Waals surface area (Å²) in [4.78, 5) is 10.5. The van der Waals surface area contributed by atoms with Crippen molar-refractivity contribution in [2.24, 2.45) is 11.7 Å². The van der Waals surface area contributed by atoms with Gasteiger partial charge in [0.2, 0.25) is 0 Å². The van der Waals surface area contributed by atoms with Crippen molar-refractivity contribution in [3.63, 3.8) is 0 Å². The first-order valence-corrected chi connectivity index (χ1v) is 7.34. The Morgan fingerprint density at radius 3 is 2.70 bits per heavy atom. The normalized spacial score (nSPS) is 17.2. The van der Waals surface area contributed by atoms with Gasteiger partial charge in [-0.3, -0.25) is 10.1 Å². The molecule has 0 atom stereocenters. The topological polar surface area (TPSA) is 69.2 Å². The zero-order valence-electron chi connectivity index (χ0n) is 11.3. The smallest absolute Gasteiger partial charge is 0.288 e. The van der Waals surface area contributed by atoms with Crippen molar-refractivity contribution >= 4 is 23.4 Å². The molecule has 1 saturated carbocycles. The van der Waals surface area contributed by atoms with Crippen LogP contribution in [0.25, 0.3) is 6.08 Å². The minimum absolute atomic E-state index is 0.0552. The third-order valence-corrected chi connectivity index (χ3v) is 4.20. The fraction of sp³-hybridized carbons (Fsp3) is 0.467. The zero-order valence-corrected chi connectivity index (χ0v) is 12.1. The van der Waals surface area contributed by atoms with Crippen LogP contribution in [-0.4, -0.2) is 11.5 Å². The fourth-order valence-corrected chi connectivity index (χ4v) is 2.98. The number of nitro groups is 1. The van der Waals surface area contributed by atoms with Crippen LogP contribution in [0.1, 0.15) is 37.7 Å². The van der Waals surface area contributed by atoms with Gasteiger partial charge in [0, 0.05) is 12.6 Å². The minimum atomic E-state index is -0.456. The van der Waals surface area contributed by atoms with Gasteiger partial charge in [-0.1, -0.05) is 48.6 Å². The van der Waals surface area contributed by atoms with Gasteiger partial charge in [0.1, 0.15) is 5.02 Å². The van der Waals surface area contributed by atoms with Gasteiger partial charge >= 0.3 is 0 Å². The Labute approximate surface area is 123 Å². The van der Waals surface area contributed by atoms with Gasteiger partial charge in [0.05, 0.1) is 4.92 Å². The van der Waals surface area contributed by atoms with E-state index in [0.717, 1.165) is 5.56 Å². The Balaban J connectivity index is 2.27. The molecular formula is C15H19ClN2O2. The largest absolute Gasteiger partial charge is 0.327 e. The Morgan fingerprint density at radius 1 is 1.40 bits per heavy atom. The van der Waals surface area contributed by atoms with E-state index in [4.69, 9.17) is 17.3 Å². The summed E-state index contributed by atoms with van der Waals surface area (Å²) in [5, 5.41) is 11.1. The molecule has 0 amide bonds. The van der Waals surface area contributed by atoms with Crippen LogP contribution in [0, 0.1) is 16.0 Å². The summed E-state index contributed by atoms with van der Waals surface area (Å²) in [7, 11) is 0. The first-order chi connectivity index (χ1) is 9.61. The number of nitro benzene ring substituents is 1. The van der Waals surface area contributed by atoms with Crippen molar-refractivity contribution in [2.75, 3.05) is 6.54 Å². The highest BCUT2D eigenvalue weighted by atomic mass is 35.5. The molecule has 0 saturated heterocycles. The number of hydrogen-bond donors (Lipinski definition) is 1. The van der Waals surface area contributed by atoms with Crippen LogP contribution in [-0.2, 0) is 0 Å². The molecule has 1 aromatic rings. The lowest BCUT2D eigenvalue weighted by Crippen LogP contribution is -2.16. The number of nitrogens with zero attached hydrogens (tertiary/aromatic N) is 1. The molecule has 5 heteroatoms. The third-order valence-electron chi connectivity index (χ3n) is 3.88. The van der Waals surface area contributed by atoms with Crippen LogP contribution in [0.5, 0.6) is 0 Å². The summed E-state index contributed by atoms with van der Waals surface area (Å²) < 4.78 is 0. The third kappa shape index (κ3) is 3.58. The van der Waals surface area contributed by atoms with Crippen molar-refractivity contribution in [1.29, 1.82) is 0 Å². The van der Waals surface area contributed by atoms with E-state index in [0.29, 0.717) is 12.5 Å². The van der Waals surface area contributed by atoms with E-state index < -0.39 is 4.92 Å². The van der Waals surface area contributed by atoms with E-state index in [1.54, 1.807) is 12.1 Å². The van der Waals surface area contributed by atoms with E-state index in [1.165, 1.54) is 43.7 Å². The van der Waals surface area contributed by atoms with E-state index in [1.807, 2.05) is 6.08 Å². The highest BCUT2D eigenvalue weighted by molar-refractivity contribution is 6.32. The average molecular weight is 295 g/mol. The predicted molar refractivity (Wildman–Crippen MR) is 81.7 cm³/mol. The Kier molecular flexibility index (Phi) is 5.15. The summed E-state index contributed by atoms with van der Waals surface area (Å²) in [6, 6.07) is 4.88. The van der Waals surface area contributed by atoms with Crippen molar-refractivity contribution < 1.29 is 4.92 Å². The van der Waals surface area contributed by atoms with Crippen LogP contribution < -0.4 is 5.73 Å². The molecule has 0 unspecified atom stereocenters. The monoisotopic (exact) mass is 294 g/mol. The predicted octanol–water partition coefficient (Wildman–Crippen LogP) is 4.17. The summed E-state index contributed by atoms with van der Waals surface area (Å²) in [6.45, 7) is 0.501. The van der Waals surface area contributed by atoms with Crippen LogP contribution in [0.2, 0.25) is 5.02 Å². The molecule has 0 aromatic heterocycles. The summed E-state index contributed by atoms with van der Waals surface area (Å²) in [5.41, 5.74) is 7.78. The van der Waals surface area contributed by atoms with Crippen molar-refractivity contribution in [2.45, 2.75) is 32.1 Å². The van der Waals surface area contributed by atoms with Gasteiger partial charge in [0.15, 0.2) is 0 Å². The second kappa shape index (κ2) is 6.86. The molecule has 20 heavy (non-hydrogen) atoms. The quantitative estimate of drug-likeness (QED) is 0.669. The number of halogens is 1. The Hall–Kier alpha value is -1.39. The van der Waals surface area contributed by atoms with Crippen LogP contribution in [0.3, 0.4) is 0 Å². The van der Waals surface area contributed by atoms with Gasteiger partial charge < -0.3 is 5.73 Å². The highest BCUT2D eigenvalue weighted by Crippen LogP contribution is 2.31. The first kappa shape index (κ1) is 15.0. The van der Waals surface area contributed by atoms with Gasteiger partial charge in [-0.15, -0.1) is 0 Å². The van der Waals surface area contributed by atoms with Crippen LogP contribution >= 0.6 is 11.6 Å². The van der Waals surface area contributed by atoms with Gasteiger partial charge in [-0.25, -0.2) is 0 Å². The van der Waals surface area contributed by atoms with E-state index in [2.05, 4.69) is 0 Å². The van der Waals surface area contributed by atoms with E-state index >= 15 is 0 Å². The fourth-order valence-electron chi connectivity index (χ4n) is 2.79. The van der Waals surface area contributed by atoms with Crippen molar-refractivity contribution in [3.05, 3.63) is 44.5 Å².